The van der Waals surface area contributed by atoms with Gasteiger partial charge in [0, 0.05) is 16.6 Å². The minimum Gasteiger partial charge on any atom is -0.321 e. The third-order valence-electron chi connectivity index (χ3n) is 3.46. The van der Waals surface area contributed by atoms with Crippen LogP contribution in [-0.4, -0.2) is 21.7 Å². The second kappa shape index (κ2) is 5.96. The number of carbonyl (C=O) groups is 2. The molecule has 1 N–H and O–H groups in total. The summed E-state index contributed by atoms with van der Waals surface area (Å²) < 4.78 is 0. The summed E-state index contributed by atoms with van der Waals surface area (Å²) in [6.45, 7) is 3.24. The van der Waals surface area contributed by atoms with Gasteiger partial charge >= 0.3 is 0 Å². The van der Waals surface area contributed by atoms with Gasteiger partial charge in [-0.05, 0) is 32.0 Å². The van der Waals surface area contributed by atoms with Crippen LogP contribution in [0.4, 0.5) is 5.69 Å². The lowest BCUT2D eigenvalue weighted by Gasteiger charge is -2.09. The van der Waals surface area contributed by atoms with E-state index < -0.39 is 0 Å². The number of aromatic nitrogens is 2. The largest absolute Gasteiger partial charge is 0.321 e. The van der Waals surface area contributed by atoms with Crippen LogP contribution in [0.25, 0.3) is 10.9 Å². The standard InChI is InChI=1S/C18H15N3O2/c1-11(22)13-6-5-7-14(10-13)21-18(23)17-15-8-3-4-9-16(15)19-12(2)20-17/h3-10H,1-2H3,(H,21,23). The molecule has 0 aliphatic heterocycles. The van der Waals surface area contributed by atoms with Gasteiger partial charge in [0.05, 0.1) is 5.52 Å². The van der Waals surface area contributed by atoms with Crippen LogP contribution in [0.15, 0.2) is 48.5 Å². The van der Waals surface area contributed by atoms with E-state index in [9.17, 15) is 9.59 Å². The van der Waals surface area contributed by atoms with Gasteiger partial charge in [-0.15, -0.1) is 0 Å². The van der Waals surface area contributed by atoms with Gasteiger partial charge in [0.1, 0.15) is 11.5 Å². The van der Waals surface area contributed by atoms with E-state index in [0.717, 1.165) is 5.52 Å². The molecular weight excluding hydrogens is 290 g/mol. The first-order valence-corrected chi connectivity index (χ1v) is 7.20. The maximum Gasteiger partial charge on any atom is 0.275 e. The number of Topliss-reactive ketones (excluding diaryl/α,β-unsaturated/α-hetero) is 1. The highest BCUT2D eigenvalue weighted by molar-refractivity contribution is 6.11. The van der Waals surface area contributed by atoms with E-state index in [0.29, 0.717) is 28.2 Å². The van der Waals surface area contributed by atoms with Crippen LogP contribution in [0.3, 0.4) is 0 Å². The molecule has 0 unspecified atom stereocenters. The van der Waals surface area contributed by atoms with Crippen molar-refractivity contribution < 1.29 is 9.59 Å². The van der Waals surface area contributed by atoms with Crippen molar-refractivity contribution >= 4 is 28.3 Å². The molecule has 0 saturated carbocycles. The number of rotatable bonds is 3. The number of hydrogen-bond donors (Lipinski definition) is 1. The second-order valence-electron chi connectivity index (χ2n) is 5.23. The van der Waals surface area contributed by atoms with Crippen molar-refractivity contribution in [2.75, 3.05) is 5.32 Å². The first-order chi connectivity index (χ1) is 11.0. The minimum absolute atomic E-state index is 0.0515. The molecule has 0 saturated heterocycles. The normalized spacial score (nSPS) is 10.5. The third kappa shape index (κ3) is 3.08. The van der Waals surface area contributed by atoms with Gasteiger partial charge in [0.25, 0.3) is 5.91 Å². The van der Waals surface area contributed by atoms with Gasteiger partial charge in [-0.1, -0.05) is 30.3 Å². The van der Waals surface area contributed by atoms with E-state index in [1.54, 1.807) is 31.2 Å². The van der Waals surface area contributed by atoms with Crippen molar-refractivity contribution in [3.8, 4) is 0 Å². The fraction of sp³-hybridized carbons (Fsp3) is 0.111. The Kier molecular flexibility index (Phi) is 3.85. The molecule has 0 radical (unpaired) electrons. The topological polar surface area (TPSA) is 72.0 Å². The van der Waals surface area contributed by atoms with Crippen molar-refractivity contribution in [1.29, 1.82) is 0 Å². The highest BCUT2D eigenvalue weighted by Gasteiger charge is 2.14. The van der Waals surface area contributed by atoms with Crippen LogP contribution in [-0.2, 0) is 0 Å². The highest BCUT2D eigenvalue weighted by atomic mass is 16.2. The molecule has 3 rings (SSSR count). The molecule has 0 aliphatic rings. The summed E-state index contributed by atoms with van der Waals surface area (Å²) in [4.78, 5) is 32.6. The van der Waals surface area contributed by atoms with Crippen LogP contribution >= 0.6 is 0 Å². The Balaban J connectivity index is 1.98. The number of amides is 1. The van der Waals surface area contributed by atoms with Gasteiger partial charge in [0.15, 0.2) is 5.78 Å². The number of aryl methyl sites for hydroxylation is 1. The molecule has 0 atom stereocenters. The van der Waals surface area contributed by atoms with Gasteiger partial charge in [-0.3, -0.25) is 9.59 Å². The van der Waals surface area contributed by atoms with Crippen molar-refractivity contribution in [2.24, 2.45) is 0 Å². The number of para-hydroxylation sites is 1. The number of anilines is 1. The van der Waals surface area contributed by atoms with Crippen LogP contribution in [0.1, 0.15) is 33.6 Å². The first-order valence-electron chi connectivity index (χ1n) is 7.20. The zero-order chi connectivity index (χ0) is 16.4. The summed E-state index contributed by atoms with van der Waals surface area (Å²) in [6, 6.07) is 14.2. The molecule has 1 aromatic heterocycles. The Morgan fingerprint density at radius 3 is 2.57 bits per heavy atom. The van der Waals surface area contributed by atoms with Crippen molar-refractivity contribution in [2.45, 2.75) is 13.8 Å². The molecule has 1 amide bonds. The first kappa shape index (κ1) is 14.8. The molecule has 5 nitrogen and oxygen atoms in total. The van der Waals surface area contributed by atoms with Crippen molar-refractivity contribution in [1.82, 2.24) is 9.97 Å². The fourth-order valence-electron chi connectivity index (χ4n) is 2.37. The number of ketones is 1. The predicted molar refractivity (Wildman–Crippen MR) is 88.7 cm³/mol. The summed E-state index contributed by atoms with van der Waals surface area (Å²) in [5, 5.41) is 3.48. The number of nitrogens with one attached hydrogen (secondary N) is 1. The number of fused-ring (bicyclic) bond motifs is 1. The summed E-state index contributed by atoms with van der Waals surface area (Å²) >= 11 is 0. The lowest BCUT2D eigenvalue weighted by molar-refractivity contribution is 0.101. The molecule has 0 bridgehead atoms. The van der Waals surface area contributed by atoms with Crippen molar-refractivity contribution in [3.05, 3.63) is 65.6 Å². The lowest BCUT2D eigenvalue weighted by Crippen LogP contribution is -2.15. The highest BCUT2D eigenvalue weighted by Crippen LogP contribution is 2.18. The molecule has 5 heteroatoms. The summed E-state index contributed by atoms with van der Waals surface area (Å²) in [5.41, 5.74) is 2.15. The van der Waals surface area contributed by atoms with Gasteiger partial charge in [-0.25, -0.2) is 9.97 Å². The van der Waals surface area contributed by atoms with E-state index in [4.69, 9.17) is 0 Å². The Hall–Kier alpha value is -3.08. The molecule has 0 fully saturated rings. The number of nitrogens with zero attached hydrogens (tertiary/aromatic N) is 2. The summed E-state index contributed by atoms with van der Waals surface area (Å²) in [7, 11) is 0. The van der Waals surface area contributed by atoms with Crippen molar-refractivity contribution in [3.63, 3.8) is 0 Å². The average Bonchev–Trinajstić information content (AvgIpc) is 2.54. The van der Waals surface area contributed by atoms with E-state index in [-0.39, 0.29) is 11.7 Å². The third-order valence-corrected chi connectivity index (χ3v) is 3.46. The molecule has 23 heavy (non-hydrogen) atoms. The van der Waals surface area contributed by atoms with Gasteiger partial charge < -0.3 is 5.32 Å². The van der Waals surface area contributed by atoms with Gasteiger partial charge in [0.2, 0.25) is 0 Å². The van der Waals surface area contributed by atoms with E-state index >= 15 is 0 Å². The number of hydrogen-bond acceptors (Lipinski definition) is 4. The second-order valence-corrected chi connectivity index (χ2v) is 5.23. The molecule has 2 aromatic carbocycles. The molecule has 1 heterocycles. The van der Waals surface area contributed by atoms with E-state index in [1.165, 1.54) is 6.92 Å². The molecular formula is C18H15N3O2. The Morgan fingerprint density at radius 1 is 1.00 bits per heavy atom. The van der Waals surface area contributed by atoms with E-state index in [1.807, 2.05) is 24.3 Å². The minimum atomic E-state index is -0.326. The molecule has 0 aliphatic carbocycles. The van der Waals surface area contributed by atoms with Crippen LogP contribution < -0.4 is 5.32 Å². The van der Waals surface area contributed by atoms with Crippen LogP contribution in [0.2, 0.25) is 0 Å². The maximum absolute atomic E-state index is 12.6. The zero-order valence-electron chi connectivity index (χ0n) is 12.8. The Bertz CT molecular complexity index is 919. The van der Waals surface area contributed by atoms with E-state index in [2.05, 4.69) is 15.3 Å². The smallest absolute Gasteiger partial charge is 0.275 e. The molecule has 3 aromatic rings. The maximum atomic E-state index is 12.6. The van der Waals surface area contributed by atoms with Crippen LogP contribution in [0.5, 0.6) is 0 Å². The van der Waals surface area contributed by atoms with Crippen LogP contribution in [0, 0.1) is 6.92 Å². The predicted octanol–water partition coefficient (Wildman–Crippen LogP) is 3.39. The number of benzene rings is 2. The monoisotopic (exact) mass is 305 g/mol. The summed E-state index contributed by atoms with van der Waals surface area (Å²) in [5.74, 6) is 0.156. The average molecular weight is 305 g/mol. The Morgan fingerprint density at radius 2 is 1.78 bits per heavy atom. The number of carbonyl (C=O) groups excluding carboxylic acids is 2. The van der Waals surface area contributed by atoms with Gasteiger partial charge in [-0.2, -0.15) is 0 Å². The lowest BCUT2D eigenvalue weighted by atomic mass is 10.1. The zero-order valence-corrected chi connectivity index (χ0v) is 12.8. The fourth-order valence-corrected chi connectivity index (χ4v) is 2.37. The molecule has 114 valence electrons. The molecule has 0 spiro atoms. The quantitative estimate of drug-likeness (QED) is 0.753. The Labute approximate surface area is 133 Å². The summed E-state index contributed by atoms with van der Waals surface area (Å²) in [6.07, 6.45) is 0. The SMILES string of the molecule is CC(=O)c1cccc(NC(=O)c2nc(C)nc3ccccc23)c1.